The molecule has 3 N–H and O–H groups in total. The van der Waals surface area contributed by atoms with Gasteiger partial charge in [0.1, 0.15) is 11.0 Å². The minimum atomic E-state index is -3.74. The van der Waals surface area contributed by atoms with E-state index in [1.54, 1.807) is 26.2 Å². The fourth-order valence-corrected chi connectivity index (χ4v) is 7.93. The molecule has 45 heavy (non-hydrogen) atoms. The molecule has 2 fully saturated rings. The van der Waals surface area contributed by atoms with Gasteiger partial charge >= 0.3 is 6.09 Å². The quantitative estimate of drug-likeness (QED) is 0.255. The molecule has 2 saturated heterocycles. The molecule has 1 unspecified atom stereocenters. The first-order valence-corrected chi connectivity index (χ1v) is 17.2. The largest absolute Gasteiger partial charge is 0.446 e. The van der Waals surface area contributed by atoms with Crippen LogP contribution in [0.25, 0.3) is 0 Å². The molecule has 0 radical (unpaired) electrons. The van der Waals surface area contributed by atoms with E-state index in [1.807, 2.05) is 42.5 Å². The summed E-state index contributed by atoms with van der Waals surface area (Å²) in [5.41, 5.74) is 1.24. The van der Waals surface area contributed by atoms with E-state index in [-0.39, 0.29) is 21.8 Å². The molecule has 0 aromatic heterocycles. The Balaban J connectivity index is 1.36. The molecular weight excluding hydrogens is 588 g/mol. The van der Waals surface area contributed by atoms with Crippen molar-refractivity contribution < 1.29 is 17.9 Å². The van der Waals surface area contributed by atoms with Crippen LogP contribution >= 0.6 is 0 Å². The Hall–Kier alpha value is -3.88. The third kappa shape index (κ3) is 7.86. The summed E-state index contributed by atoms with van der Waals surface area (Å²) in [6.07, 6.45) is 5.19. The van der Waals surface area contributed by atoms with Crippen molar-refractivity contribution in [3.63, 3.8) is 0 Å². The normalized spacial score (nSPS) is 18.6. The van der Waals surface area contributed by atoms with Gasteiger partial charge in [-0.05, 0) is 68.1 Å². The fraction of sp³-hybridized carbons (Fsp3) is 0.500. The number of rotatable bonds is 14. The van der Waals surface area contributed by atoms with Crippen molar-refractivity contribution >= 4 is 27.8 Å². The predicted molar refractivity (Wildman–Crippen MR) is 177 cm³/mol. The predicted octanol–water partition coefficient (Wildman–Crippen LogP) is 4.70. The zero-order chi connectivity index (χ0) is 32.5. The van der Waals surface area contributed by atoms with Crippen LogP contribution in [0, 0.1) is 28.6 Å². The number of ether oxygens (including phenoxy) is 1. The summed E-state index contributed by atoms with van der Waals surface area (Å²) in [5.74, 6) is 0.662. The number of likely N-dealkylation sites (tertiary alicyclic amines) is 1. The highest BCUT2D eigenvalue weighted by atomic mass is 32.2. The highest BCUT2D eigenvalue weighted by molar-refractivity contribution is 7.96. The van der Waals surface area contributed by atoms with Crippen molar-refractivity contribution in [2.24, 2.45) is 11.8 Å². The first-order valence-electron chi connectivity index (χ1n) is 15.8. The van der Waals surface area contributed by atoms with Crippen LogP contribution in [-0.2, 0) is 20.0 Å². The number of alkyl carbamates (subject to hydrolysis) is 1. The molecule has 1 amide bonds. The minimum Gasteiger partial charge on any atom is -0.446 e. The number of hydrogen-bond acceptors (Lipinski definition) is 9. The second-order valence-electron chi connectivity index (χ2n) is 12.0. The SMILES string of the molecule is CCC[C@H](CC(C#N)(c1ccccc1)C1CCN(CC2CN(c3ccc(S(=O)(=O)/C(C=N)=C/NC)cc3)C2)CC1)OC(=O)NC. The monoisotopic (exact) mass is 634 g/mol. The molecule has 242 valence electrons. The third-order valence-corrected chi connectivity index (χ3v) is 10.9. The lowest BCUT2D eigenvalue weighted by Crippen LogP contribution is -2.53. The molecule has 2 aliphatic heterocycles. The number of hydrogen-bond donors (Lipinski definition) is 3. The molecule has 0 bridgehead atoms. The Kier molecular flexibility index (Phi) is 11.6. The van der Waals surface area contributed by atoms with Crippen molar-refractivity contribution in [2.45, 2.75) is 55.4 Å². The average Bonchev–Trinajstić information content (AvgIpc) is 3.04. The number of nitriles is 1. The van der Waals surface area contributed by atoms with Gasteiger partial charge in [-0.2, -0.15) is 5.26 Å². The summed E-state index contributed by atoms with van der Waals surface area (Å²) >= 11 is 0. The summed E-state index contributed by atoms with van der Waals surface area (Å²) in [6.45, 7) is 6.67. The third-order valence-electron chi connectivity index (χ3n) is 9.14. The molecule has 0 aliphatic carbocycles. The second kappa shape index (κ2) is 15.4. The van der Waals surface area contributed by atoms with Crippen LogP contribution in [0.15, 0.2) is 70.6 Å². The molecule has 4 rings (SSSR count). The van der Waals surface area contributed by atoms with Crippen molar-refractivity contribution in [3.8, 4) is 6.07 Å². The topological polar surface area (TPSA) is 139 Å². The molecule has 2 atom stereocenters. The van der Waals surface area contributed by atoms with Gasteiger partial charge in [-0.15, -0.1) is 0 Å². The first kappa shape index (κ1) is 34.0. The van der Waals surface area contributed by atoms with E-state index in [9.17, 15) is 18.5 Å². The lowest BCUT2D eigenvalue weighted by atomic mass is 9.64. The van der Waals surface area contributed by atoms with Gasteiger partial charge in [0.2, 0.25) is 9.84 Å². The maximum atomic E-state index is 12.8. The average molecular weight is 635 g/mol. The molecule has 2 aromatic carbocycles. The Morgan fingerprint density at radius 1 is 1.13 bits per heavy atom. The van der Waals surface area contributed by atoms with Crippen LogP contribution in [0.5, 0.6) is 0 Å². The summed E-state index contributed by atoms with van der Waals surface area (Å²) in [7, 11) is -0.583. The summed E-state index contributed by atoms with van der Waals surface area (Å²) in [6, 6.07) is 19.6. The number of carbonyl (C=O) groups excluding carboxylic acids is 1. The maximum Gasteiger partial charge on any atom is 0.407 e. The Bertz CT molecular complexity index is 1460. The lowest BCUT2D eigenvalue weighted by Gasteiger charge is -2.46. The summed E-state index contributed by atoms with van der Waals surface area (Å²) in [5, 5.41) is 23.4. The van der Waals surface area contributed by atoms with Crippen LogP contribution in [0.4, 0.5) is 10.5 Å². The Morgan fingerprint density at radius 2 is 1.80 bits per heavy atom. The van der Waals surface area contributed by atoms with Gasteiger partial charge < -0.3 is 30.6 Å². The van der Waals surface area contributed by atoms with E-state index in [1.165, 1.54) is 6.20 Å². The molecule has 11 heteroatoms. The van der Waals surface area contributed by atoms with Gasteiger partial charge in [-0.25, -0.2) is 13.2 Å². The number of amides is 1. The van der Waals surface area contributed by atoms with Crippen molar-refractivity contribution in [1.82, 2.24) is 15.5 Å². The summed E-state index contributed by atoms with van der Waals surface area (Å²) < 4.78 is 31.3. The smallest absolute Gasteiger partial charge is 0.407 e. The van der Waals surface area contributed by atoms with Crippen LogP contribution < -0.4 is 15.5 Å². The number of piperidine rings is 1. The number of benzene rings is 2. The van der Waals surface area contributed by atoms with E-state index >= 15 is 0 Å². The van der Waals surface area contributed by atoms with Crippen molar-refractivity contribution in [2.75, 3.05) is 51.7 Å². The molecule has 2 aromatic rings. The standard InChI is InChI=1S/C34H46N6O4S/c1-4-8-30(44-33(41)38-3)19-34(25-36,27-9-6-5-7-10-27)28-15-17-39(18-16-28)22-26-23-40(24-26)29-11-13-31(14-12-29)45(42,43)32(20-35)21-37-2/h5-7,9-14,20-21,26,28,30,35,37H,4,8,15-19,22-24H2,1-3H3,(H,38,41)/b32-21+,35-20?/t30-,34?/m1/s1. The molecule has 2 heterocycles. The van der Waals surface area contributed by atoms with E-state index in [0.29, 0.717) is 18.8 Å². The molecule has 0 saturated carbocycles. The maximum absolute atomic E-state index is 12.8. The van der Waals surface area contributed by atoms with Crippen LogP contribution in [0.3, 0.4) is 0 Å². The van der Waals surface area contributed by atoms with Crippen molar-refractivity contribution in [3.05, 3.63) is 71.3 Å². The number of carbonyl (C=O) groups is 1. The van der Waals surface area contributed by atoms with E-state index in [0.717, 1.165) is 69.5 Å². The van der Waals surface area contributed by atoms with Gasteiger partial charge in [0, 0.05) is 64.2 Å². The highest BCUT2D eigenvalue weighted by Crippen LogP contribution is 2.43. The van der Waals surface area contributed by atoms with Gasteiger partial charge in [0.05, 0.1) is 16.4 Å². The Morgan fingerprint density at radius 3 is 2.36 bits per heavy atom. The van der Waals surface area contributed by atoms with Crippen LogP contribution in [0.2, 0.25) is 0 Å². The number of sulfone groups is 1. The molecule has 10 nitrogen and oxygen atoms in total. The minimum absolute atomic E-state index is 0.0840. The zero-order valence-electron chi connectivity index (χ0n) is 26.5. The molecule has 2 aliphatic rings. The van der Waals surface area contributed by atoms with Crippen LogP contribution in [-0.4, -0.2) is 78.5 Å². The van der Waals surface area contributed by atoms with E-state index in [2.05, 4.69) is 33.4 Å². The van der Waals surface area contributed by atoms with Gasteiger partial charge in [-0.3, -0.25) is 0 Å². The summed E-state index contributed by atoms with van der Waals surface area (Å²) in [4.78, 5) is 17.0. The van der Waals surface area contributed by atoms with E-state index < -0.39 is 21.3 Å². The first-order chi connectivity index (χ1) is 21.7. The fourth-order valence-electron chi connectivity index (χ4n) is 6.73. The lowest BCUT2D eigenvalue weighted by molar-refractivity contribution is 0.0578. The molecule has 0 spiro atoms. The molecular formula is C34H46N6O4S. The van der Waals surface area contributed by atoms with Gasteiger partial charge in [0.25, 0.3) is 0 Å². The number of nitrogens with one attached hydrogen (secondary N) is 3. The number of nitrogens with zero attached hydrogens (tertiary/aromatic N) is 3. The second-order valence-corrected chi connectivity index (χ2v) is 14.0. The zero-order valence-corrected chi connectivity index (χ0v) is 27.4. The van der Waals surface area contributed by atoms with Gasteiger partial charge in [0.15, 0.2) is 0 Å². The number of allylic oxidation sites excluding steroid dienone is 1. The Labute approximate surface area is 267 Å². The van der Waals surface area contributed by atoms with Crippen LogP contribution in [0.1, 0.15) is 44.6 Å². The van der Waals surface area contributed by atoms with Crippen molar-refractivity contribution in [1.29, 1.82) is 10.7 Å². The van der Waals surface area contributed by atoms with E-state index in [4.69, 9.17) is 10.1 Å². The van der Waals surface area contributed by atoms with Gasteiger partial charge in [-0.1, -0.05) is 43.7 Å². The number of anilines is 1. The highest BCUT2D eigenvalue weighted by Gasteiger charge is 2.45.